The van der Waals surface area contributed by atoms with Gasteiger partial charge in [-0.1, -0.05) is 28.1 Å². The number of ether oxygens (including phenoxy) is 3. The number of amides is 2. The van der Waals surface area contributed by atoms with Gasteiger partial charge in [-0.05, 0) is 35.9 Å². The van der Waals surface area contributed by atoms with E-state index >= 15 is 0 Å². The summed E-state index contributed by atoms with van der Waals surface area (Å²) in [4.78, 5) is 36.2. The summed E-state index contributed by atoms with van der Waals surface area (Å²) in [7, 11) is 4.28. The van der Waals surface area contributed by atoms with Crippen molar-refractivity contribution in [1.82, 2.24) is 10.6 Å². The molecular formula is C22H22BrN2O7-. The van der Waals surface area contributed by atoms with Crippen molar-refractivity contribution in [3.05, 3.63) is 57.7 Å². The largest absolute Gasteiger partial charge is 0.550 e. The number of halogens is 1. The van der Waals surface area contributed by atoms with Crippen LogP contribution in [0.15, 0.2) is 46.6 Å². The minimum atomic E-state index is -1.30. The lowest BCUT2D eigenvalue weighted by Gasteiger charge is -2.15. The fourth-order valence-electron chi connectivity index (χ4n) is 2.66. The number of benzene rings is 2. The van der Waals surface area contributed by atoms with Gasteiger partial charge in [0.1, 0.15) is 5.70 Å². The molecule has 0 fully saturated rings. The second kappa shape index (κ2) is 11.8. The highest BCUT2D eigenvalue weighted by Gasteiger charge is 2.19. The van der Waals surface area contributed by atoms with Crippen molar-refractivity contribution in [3.8, 4) is 17.2 Å². The first-order valence-electron chi connectivity index (χ1n) is 9.35. The number of carbonyl (C=O) groups excluding carboxylic acids is 3. The molecule has 0 radical (unpaired) electrons. The number of carboxylic acids is 1. The molecule has 2 rings (SSSR count). The monoisotopic (exact) mass is 505 g/mol. The van der Waals surface area contributed by atoms with Crippen molar-refractivity contribution in [1.29, 1.82) is 0 Å². The van der Waals surface area contributed by atoms with Crippen molar-refractivity contribution in [3.63, 3.8) is 0 Å². The van der Waals surface area contributed by atoms with Gasteiger partial charge in [0.15, 0.2) is 11.5 Å². The third-order valence-electron chi connectivity index (χ3n) is 4.22. The molecule has 0 saturated carbocycles. The van der Waals surface area contributed by atoms with E-state index in [0.717, 1.165) is 4.47 Å². The number of hydrogen-bond acceptors (Lipinski definition) is 7. The zero-order valence-corrected chi connectivity index (χ0v) is 19.3. The summed E-state index contributed by atoms with van der Waals surface area (Å²) in [6.45, 7) is -0.154. The lowest BCUT2D eigenvalue weighted by molar-refractivity contribution is -0.305. The SMILES string of the molecule is COc1cc(C(=O)N/C(=C/c2ccc(Br)cc2)C(=O)NCCC(=O)[O-])cc(OC)c1OC. The quantitative estimate of drug-likeness (QED) is 0.468. The highest BCUT2D eigenvalue weighted by atomic mass is 79.9. The molecule has 0 bridgehead atoms. The zero-order chi connectivity index (χ0) is 23.7. The van der Waals surface area contributed by atoms with E-state index in [4.69, 9.17) is 14.2 Å². The molecule has 0 aliphatic carbocycles. The summed E-state index contributed by atoms with van der Waals surface area (Å²) in [5.74, 6) is -1.71. The Hall–Kier alpha value is -3.53. The first-order valence-corrected chi connectivity index (χ1v) is 10.1. The van der Waals surface area contributed by atoms with Gasteiger partial charge < -0.3 is 34.7 Å². The minimum absolute atomic E-state index is 0.0792. The van der Waals surface area contributed by atoms with Crippen molar-refractivity contribution in [2.75, 3.05) is 27.9 Å². The van der Waals surface area contributed by atoms with Crippen LogP contribution in [0.1, 0.15) is 22.3 Å². The zero-order valence-electron chi connectivity index (χ0n) is 17.7. The van der Waals surface area contributed by atoms with Crippen LogP contribution in [0.2, 0.25) is 0 Å². The van der Waals surface area contributed by atoms with E-state index in [9.17, 15) is 19.5 Å². The van der Waals surface area contributed by atoms with E-state index in [1.165, 1.54) is 39.5 Å². The molecular weight excluding hydrogens is 484 g/mol. The van der Waals surface area contributed by atoms with E-state index in [0.29, 0.717) is 11.3 Å². The summed E-state index contributed by atoms with van der Waals surface area (Å²) in [6.07, 6.45) is 1.11. The highest BCUT2D eigenvalue weighted by Crippen LogP contribution is 2.38. The number of hydrogen-bond donors (Lipinski definition) is 2. The van der Waals surface area contributed by atoms with Gasteiger partial charge in [0.25, 0.3) is 11.8 Å². The smallest absolute Gasteiger partial charge is 0.267 e. The summed E-state index contributed by atoms with van der Waals surface area (Å²) in [5.41, 5.74) is 0.719. The molecule has 0 unspecified atom stereocenters. The molecule has 0 saturated heterocycles. The van der Waals surface area contributed by atoms with Crippen LogP contribution < -0.4 is 30.0 Å². The highest BCUT2D eigenvalue weighted by molar-refractivity contribution is 9.10. The second-order valence-electron chi connectivity index (χ2n) is 6.36. The predicted molar refractivity (Wildman–Crippen MR) is 118 cm³/mol. The summed E-state index contributed by atoms with van der Waals surface area (Å²) in [6, 6.07) is 9.93. The van der Waals surface area contributed by atoms with Gasteiger partial charge in [0.2, 0.25) is 5.75 Å². The summed E-state index contributed by atoms with van der Waals surface area (Å²) >= 11 is 3.33. The van der Waals surface area contributed by atoms with Crippen LogP contribution in [-0.2, 0) is 9.59 Å². The van der Waals surface area contributed by atoms with Crippen LogP contribution in [0.25, 0.3) is 6.08 Å². The van der Waals surface area contributed by atoms with Gasteiger partial charge >= 0.3 is 0 Å². The molecule has 0 aliphatic rings. The number of nitrogens with one attached hydrogen (secondary N) is 2. The molecule has 170 valence electrons. The van der Waals surface area contributed by atoms with Gasteiger partial charge in [0, 0.05) is 29.0 Å². The van der Waals surface area contributed by atoms with E-state index < -0.39 is 17.8 Å². The van der Waals surface area contributed by atoms with Crippen LogP contribution in [0, 0.1) is 0 Å². The normalized spacial score (nSPS) is 10.8. The Morgan fingerprint density at radius 2 is 1.59 bits per heavy atom. The lowest BCUT2D eigenvalue weighted by atomic mass is 10.1. The fourth-order valence-corrected chi connectivity index (χ4v) is 2.93. The predicted octanol–water partition coefficient (Wildman–Crippen LogP) is 1.50. The average Bonchev–Trinajstić information content (AvgIpc) is 2.78. The Kier molecular flexibility index (Phi) is 9.08. The van der Waals surface area contributed by atoms with Crippen molar-refractivity contribution in [2.24, 2.45) is 0 Å². The standard InChI is InChI=1S/C22H23BrN2O7/c1-30-17-11-14(12-18(31-2)20(17)32-3)21(28)25-16(22(29)24-9-8-19(26)27)10-13-4-6-15(23)7-5-13/h4-7,10-12H,8-9H2,1-3H3,(H,24,29)(H,25,28)(H,26,27)/p-1/b16-10+. The topological polar surface area (TPSA) is 126 Å². The Bertz CT molecular complexity index is 994. The molecule has 32 heavy (non-hydrogen) atoms. The maximum absolute atomic E-state index is 12.9. The Balaban J connectivity index is 2.35. The number of methoxy groups -OCH3 is 3. The maximum Gasteiger partial charge on any atom is 0.267 e. The molecule has 2 aromatic carbocycles. The van der Waals surface area contributed by atoms with Crippen molar-refractivity contribution < 1.29 is 33.7 Å². The summed E-state index contributed by atoms with van der Waals surface area (Å²) < 4.78 is 16.6. The van der Waals surface area contributed by atoms with Crippen LogP contribution in [-0.4, -0.2) is 45.7 Å². The summed E-state index contributed by atoms with van der Waals surface area (Å²) in [5, 5.41) is 15.6. The van der Waals surface area contributed by atoms with Crippen LogP contribution in [0.4, 0.5) is 0 Å². The first-order chi connectivity index (χ1) is 15.3. The molecule has 10 heteroatoms. The van der Waals surface area contributed by atoms with Gasteiger partial charge in [-0.25, -0.2) is 0 Å². The van der Waals surface area contributed by atoms with Crippen molar-refractivity contribution >= 4 is 39.8 Å². The van der Waals surface area contributed by atoms with E-state index in [1.54, 1.807) is 24.3 Å². The van der Waals surface area contributed by atoms with E-state index in [1.807, 2.05) is 0 Å². The van der Waals surface area contributed by atoms with Crippen LogP contribution in [0.3, 0.4) is 0 Å². The lowest BCUT2D eigenvalue weighted by Crippen LogP contribution is -2.37. The third kappa shape index (κ3) is 6.74. The molecule has 0 heterocycles. The van der Waals surface area contributed by atoms with Crippen LogP contribution >= 0.6 is 15.9 Å². The van der Waals surface area contributed by atoms with Crippen LogP contribution in [0.5, 0.6) is 17.2 Å². The van der Waals surface area contributed by atoms with Crippen molar-refractivity contribution in [2.45, 2.75) is 6.42 Å². The van der Waals surface area contributed by atoms with Gasteiger partial charge in [-0.2, -0.15) is 0 Å². The second-order valence-corrected chi connectivity index (χ2v) is 7.27. The number of rotatable bonds is 10. The van der Waals surface area contributed by atoms with E-state index in [2.05, 4.69) is 26.6 Å². The maximum atomic E-state index is 12.9. The molecule has 0 aromatic heterocycles. The molecule has 2 N–H and O–H groups in total. The number of aliphatic carboxylic acids is 1. The molecule has 2 aromatic rings. The third-order valence-corrected chi connectivity index (χ3v) is 4.74. The number of carboxylic acid groups (broad SMARTS) is 1. The van der Waals surface area contributed by atoms with Gasteiger partial charge in [0.05, 0.1) is 21.3 Å². The van der Waals surface area contributed by atoms with Gasteiger partial charge in [-0.15, -0.1) is 0 Å². The minimum Gasteiger partial charge on any atom is -0.550 e. The molecule has 2 amide bonds. The Labute approximate surface area is 193 Å². The number of carbonyl (C=O) groups is 3. The average molecular weight is 506 g/mol. The fraction of sp³-hybridized carbons (Fsp3) is 0.227. The Morgan fingerprint density at radius 1 is 1.00 bits per heavy atom. The molecule has 0 aliphatic heterocycles. The molecule has 0 spiro atoms. The Morgan fingerprint density at radius 3 is 2.09 bits per heavy atom. The van der Waals surface area contributed by atoms with E-state index in [-0.39, 0.29) is 35.7 Å². The molecule has 9 nitrogen and oxygen atoms in total. The molecule has 0 atom stereocenters. The first kappa shape index (κ1) is 24.7. The van der Waals surface area contributed by atoms with Gasteiger partial charge in [-0.3, -0.25) is 9.59 Å².